The number of rotatable bonds is 5. The van der Waals surface area contributed by atoms with Gasteiger partial charge in [0.2, 0.25) is 0 Å². The molecule has 1 aliphatic carbocycles. The fraction of sp³-hybridized carbons (Fsp3) is 0.286. The van der Waals surface area contributed by atoms with E-state index in [9.17, 15) is 4.79 Å². The monoisotopic (exact) mass is 336 g/mol. The molecule has 0 fully saturated rings. The quantitative estimate of drug-likeness (QED) is 0.652. The molecular weight excluding hydrogens is 312 g/mol. The second kappa shape index (κ2) is 7.01. The first kappa shape index (κ1) is 17.1. The minimum atomic E-state index is -0.0435. The molecule has 0 radical (unpaired) electrons. The fourth-order valence-electron chi connectivity index (χ4n) is 3.08. The highest BCUT2D eigenvalue weighted by Gasteiger charge is 2.15. The lowest BCUT2D eigenvalue weighted by atomic mass is 9.99. The van der Waals surface area contributed by atoms with Crippen LogP contribution in [0.25, 0.3) is 28.4 Å². The Labute approximate surface area is 148 Å². The molecule has 1 aliphatic heterocycles. The minimum Gasteiger partial charge on any atom is -0.456 e. The van der Waals surface area contributed by atoms with Crippen molar-refractivity contribution in [3.8, 4) is 11.3 Å². The molecule has 4 nitrogen and oxygen atoms in total. The van der Waals surface area contributed by atoms with Gasteiger partial charge in [0.25, 0.3) is 0 Å². The maximum atomic E-state index is 11.8. The third-order valence-electron chi connectivity index (χ3n) is 4.39. The summed E-state index contributed by atoms with van der Waals surface area (Å²) in [5, 5.41) is 1.04. The average Bonchev–Trinajstić information content (AvgIpc) is 2.59. The van der Waals surface area contributed by atoms with E-state index >= 15 is 0 Å². The van der Waals surface area contributed by atoms with Crippen molar-refractivity contribution in [2.45, 2.75) is 13.8 Å². The van der Waals surface area contributed by atoms with E-state index in [0.717, 1.165) is 40.9 Å². The molecule has 0 saturated carbocycles. The SMILES string of the molecule is CCN(CC)c1ccc2c(/C=C/N(C)C)c3ccc(=O)cc-3oc2c1. The van der Waals surface area contributed by atoms with Crippen LogP contribution in [-0.4, -0.2) is 32.1 Å². The van der Waals surface area contributed by atoms with Crippen LogP contribution in [0.15, 0.2) is 51.8 Å². The molecular formula is C21H24N2O2. The maximum absolute atomic E-state index is 11.8. The summed E-state index contributed by atoms with van der Waals surface area (Å²) in [4.78, 5) is 16.0. The molecule has 0 saturated heterocycles. The van der Waals surface area contributed by atoms with Gasteiger partial charge in [-0.05, 0) is 56.0 Å². The Morgan fingerprint density at radius 2 is 1.80 bits per heavy atom. The third kappa shape index (κ3) is 3.38. The van der Waals surface area contributed by atoms with E-state index in [1.807, 2.05) is 31.3 Å². The molecule has 2 aliphatic rings. The molecule has 0 aromatic heterocycles. The van der Waals surface area contributed by atoms with Gasteiger partial charge in [-0.3, -0.25) is 4.79 Å². The van der Waals surface area contributed by atoms with Gasteiger partial charge in [-0.15, -0.1) is 0 Å². The van der Waals surface area contributed by atoms with Gasteiger partial charge in [0, 0.05) is 56.0 Å². The molecule has 0 unspecified atom stereocenters. The van der Waals surface area contributed by atoms with Crippen molar-refractivity contribution in [2.24, 2.45) is 0 Å². The van der Waals surface area contributed by atoms with Crippen LogP contribution >= 0.6 is 0 Å². The first-order valence-corrected chi connectivity index (χ1v) is 8.63. The maximum Gasteiger partial charge on any atom is 0.182 e. The van der Waals surface area contributed by atoms with Crippen LogP contribution in [0.1, 0.15) is 19.4 Å². The van der Waals surface area contributed by atoms with Crippen molar-refractivity contribution in [1.82, 2.24) is 4.90 Å². The van der Waals surface area contributed by atoms with Crippen molar-refractivity contribution in [3.63, 3.8) is 0 Å². The zero-order valence-corrected chi connectivity index (χ0v) is 15.2. The van der Waals surface area contributed by atoms with Crippen LogP contribution in [0.3, 0.4) is 0 Å². The van der Waals surface area contributed by atoms with E-state index in [2.05, 4.69) is 43.0 Å². The van der Waals surface area contributed by atoms with Crippen molar-refractivity contribution in [1.29, 1.82) is 0 Å². The molecule has 25 heavy (non-hydrogen) atoms. The van der Waals surface area contributed by atoms with Gasteiger partial charge in [0.05, 0.1) is 0 Å². The summed E-state index contributed by atoms with van der Waals surface area (Å²) < 4.78 is 6.08. The Bertz CT molecular complexity index is 936. The van der Waals surface area contributed by atoms with Crippen LogP contribution in [0.5, 0.6) is 0 Å². The number of anilines is 1. The van der Waals surface area contributed by atoms with E-state index in [0.29, 0.717) is 5.76 Å². The first-order valence-electron chi connectivity index (χ1n) is 8.63. The standard InChI is InChI=1S/C21H24N2O2/c1-5-23(6-2)15-7-9-18-17(11-12-22(3)4)19-10-8-16(24)14-21(19)25-20(18)13-15/h7-14H,5-6H2,1-4H3/b12-11+. The molecule has 1 aromatic rings. The third-order valence-corrected chi connectivity index (χ3v) is 4.39. The predicted octanol–water partition coefficient (Wildman–Crippen LogP) is 4.28. The highest BCUT2D eigenvalue weighted by atomic mass is 16.3. The number of hydrogen-bond acceptors (Lipinski definition) is 4. The molecule has 0 N–H and O–H groups in total. The summed E-state index contributed by atoms with van der Waals surface area (Å²) in [6, 6.07) is 11.3. The molecule has 130 valence electrons. The summed E-state index contributed by atoms with van der Waals surface area (Å²) in [5.74, 6) is 0.620. The molecule has 0 atom stereocenters. The lowest BCUT2D eigenvalue weighted by molar-refractivity contribution is 0.567. The van der Waals surface area contributed by atoms with Gasteiger partial charge in [0.15, 0.2) is 5.43 Å². The van der Waals surface area contributed by atoms with Gasteiger partial charge >= 0.3 is 0 Å². The zero-order valence-electron chi connectivity index (χ0n) is 15.2. The van der Waals surface area contributed by atoms with E-state index in [-0.39, 0.29) is 5.43 Å². The summed E-state index contributed by atoms with van der Waals surface area (Å²) in [5.41, 5.74) is 3.89. The smallest absolute Gasteiger partial charge is 0.182 e. The minimum absolute atomic E-state index is 0.0435. The molecule has 0 bridgehead atoms. The normalized spacial score (nSPS) is 11.5. The van der Waals surface area contributed by atoms with E-state index in [1.54, 1.807) is 12.1 Å². The number of hydrogen-bond donors (Lipinski definition) is 0. The Balaban J connectivity index is 2.30. The molecule has 0 spiro atoms. The fourth-order valence-corrected chi connectivity index (χ4v) is 3.08. The Morgan fingerprint density at radius 1 is 1.04 bits per heavy atom. The lowest BCUT2D eigenvalue weighted by Crippen LogP contribution is -2.21. The number of fused-ring (bicyclic) bond motifs is 2. The molecule has 1 aromatic carbocycles. The highest BCUT2D eigenvalue weighted by Crippen LogP contribution is 2.35. The van der Waals surface area contributed by atoms with Gasteiger partial charge in [-0.25, -0.2) is 0 Å². The summed E-state index contributed by atoms with van der Waals surface area (Å²) >= 11 is 0. The molecule has 1 heterocycles. The Morgan fingerprint density at radius 3 is 2.48 bits per heavy atom. The average molecular weight is 336 g/mol. The van der Waals surface area contributed by atoms with Gasteiger partial charge in [-0.1, -0.05) is 0 Å². The van der Waals surface area contributed by atoms with Crippen LogP contribution in [0.2, 0.25) is 0 Å². The summed E-state index contributed by atoms with van der Waals surface area (Å²) in [7, 11) is 3.98. The Kier molecular flexibility index (Phi) is 4.79. The van der Waals surface area contributed by atoms with Crippen LogP contribution in [-0.2, 0) is 0 Å². The molecule has 0 amide bonds. The van der Waals surface area contributed by atoms with Crippen LogP contribution in [0, 0.1) is 0 Å². The van der Waals surface area contributed by atoms with E-state index in [4.69, 9.17) is 4.42 Å². The Hall–Kier alpha value is -2.75. The molecule has 4 heteroatoms. The van der Waals surface area contributed by atoms with Gasteiger partial charge < -0.3 is 14.2 Å². The second-order valence-corrected chi connectivity index (χ2v) is 6.31. The lowest BCUT2D eigenvalue weighted by Gasteiger charge is -2.22. The topological polar surface area (TPSA) is 36.7 Å². The van der Waals surface area contributed by atoms with Crippen molar-refractivity contribution in [2.75, 3.05) is 32.1 Å². The van der Waals surface area contributed by atoms with E-state index in [1.165, 1.54) is 0 Å². The highest BCUT2D eigenvalue weighted by molar-refractivity contribution is 5.95. The van der Waals surface area contributed by atoms with Crippen molar-refractivity contribution >= 4 is 22.7 Å². The van der Waals surface area contributed by atoms with Crippen molar-refractivity contribution < 1.29 is 4.42 Å². The van der Waals surface area contributed by atoms with Crippen LogP contribution in [0.4, 0.5) is 5.69 Å². The first-order chi connectivity index (χ1) is 12.0. The largest absolute Gasteiger partial charge is 0.456 e. The van der Waals surface area contributed by atoms with Gasteiger partial charge in [-0.2, -0.15) is 0 Å². The van der Waals surface area contributed by atoms with Crippen LogP contribution < -0.4 is 10.3 Å². The van der Waals surface area contributed by atoms with Crippen molar-refractivity contribution in [3.05, 3.63) is 58.4 Å². The summed E-state index contributed by atoms with van der Waals surface area (Å²) in [6.45, 7) is 6.15. The second-order valence-electron chi connectivity index (χ2n) is 6.31. The molecule has 3 rings (SSSR count). The number of benzene rings is 2. The summed E-state index contributed by atoms with van der Waals surface area (Å²) in [6.07, 6.45) is 4.08. The number of nitrogens with zero attached hydrogens (tertiary/aromatic N) is 2. The predicted molar refractivity (Wildman–Crippen MR) is 105 cm³/mol. The zero-order chi connectivity index (χ0) is 18.0. The van der Waals surface area contributed by atoms with Gasteiger partial charge in [0.1, 0.15) is 11.3 Å². The van der Waals surface area contributed by atoms with E-state index < -0.39 is 0 Å².